The molecule has 0 radical (unpaired) electrons. The molecule has 0 saturated heterocycles. The van der Waals surface area contributed by atoms with Crippen LogP contribution >= 0.6 is 0 Å². The minimum atomic E-state index is 0.279. The minimum Gasteiger partial charge on any atom is -0.484 e. The van der Waals surface area contributed by atoms with E-state index < -0.39 is 0 Å². The molecule has 1 N–H and O–H groups in total. The number of nitrogens with zero attached hydrogens (tertiary/aromatic N) is 2. The SMILES string of the molecule is COCCNCc1cccc(OCc2nc(C)no2)c1. The van der Waals surface area contributed by atoms with Gasteiger partial charge in [0.05, 0.1) is 6.61 Å². The van der Waals surface area contributed by atoms with Crippen LogP contribution in [0.3, 0.4) is 0 Å². The van der Waals surface area contributed by atoms with Crippen LogP contribution in [0.2, 0.25) is 0 Å². The fourth-order valence-corrected chi connectivity index (χ4v) is 1.70. The van der Waals surface area contributed by atoms with Crippen molar-refractivity contribution in [2.24, 2.45) is 0 Å². The van der Waals surface area contributed by atoms with E-state index in [1.54, 1.807) is 14.0 Å². The van der Waals surface area contributed by atoms with E-state index in [1.165, 1.54) is 0 Å². The van der Waals surface area contributed by atoms with Crippen LogP contribution in [-0.2, 0) is 17.9 Å². The number of hydrogen-bond acceptors (Lipinski definition) is 6. The molecule has 0 aliphatic rings. The number of nitrogens with one attached hydrogen (secondary N) is 1. The topological polar surface area (TPSA) is 69.4 Å². The zero-order valence-electron chi connectivity index (χ0n) is 11.8. The number of rotatable bonds is 8. The Kier molecular flexibility index (Phi) is 5.52. The van der Waals surface area contributed by atoms with Crippen molar-refractivity contribution in [3.05, 3.63) is 41.5 Å². The summed E-state index contributed by atoms with van der Waals surface area (Å²) in [6.07, 6.45) is 0. The first kappa shape index (κ1) is 14.5. The maximum atomic E-state index is 5.62. The molecule has 108 valence electrons. The van der Waals surface area contributed by atoms with Crippen molar-refractivity contribution in [2.75, 3.05) is 20.3 Å². The van der Waals surface area contributed by atoms with E-state index >= 15 is 0 Å². The molecule has 0 atom stereocenters. The Labute approximate surface area is 118 Å². The van der Waals surface area contributed by atoms with Gasteiger partial charge in [0.1, 0.15) is 5.75 Å². The summed E-state index contributed by atoms with van der Waals surface area (Å²) >= 11 is 0. The molecule has 1 aromatic heterocycles. The van der Waals surface area contributed by atoms with Crippen LogP contribution in [-0.4, -0.2) is 30.4 Å². The third-order valence-electron chi connectivity index (χ3n) is 2.64. The second-order valence-corrected chi connectivity index (χ2v) is 4.34. The van der Waals surface area contributed by atoms with Crippen molar-refractivity contribution in [1.29, 1.82) is 0 Å². The maximum absolute atomic E-state index is 5.62. The molecule has 0 aliphatic heterocycles. The van der Waals surface area contributed by atoms with Crippen LogP contribution in [0.5, 0.6) is 5.75 Å². The number of ether oxygens (including phenoxy) is 2. The average Bonchev–Trinajstić information content (AvgIpc) is 2.88. The lowest BCUT2D eigenvalue weighted by Crippen LogP contribution is -2.18. The first-order chi connectivity index (χ1) is 9.78. The molecule has 1 heterocycles. The van der Waals surface area contributed by atoms with Gasteiger partial charge in [0.2, 0.25) is 0 Å². The smallest absolute Gasteiger partial charge is 0.264 e. The van der Waals surface area contributed by atoms with Gasteiger partial charge >= 0.3 is 0 Å². The highest BCUT2D eigenvalue weighted by Crippen LogP contribution is 2.14. The van der Waals surface area contributed by atoms with Gasteiger partial charge in [0.25, 0.3) is 5.89 Å². The zero-order chi connectivity index (χ0) is 14.2. The lowest BCUT2D eigenvalue weighted by atomic mass is 10.2. The molecule has 0 fully saturated rings. The van der Waals surface area contributed by atoms with Gasteiger partial charge in [-0.1, -0.05) is 17.3 Å². The van der Waals surface area contributed by atoms with Crippen molar-refractivity contribution in [2.45, 2.75) is 20.1 Å². The Bertz CT molecular complexity index is 528. The van der Waals surface area contributed by atoms with Crippen LogP contribution in [0, 0.1) is 6.92 Å². The van der Waals surface area contributed by atoms with Gasteiger partial charge in [0, 0.05) is 20.2 Å². The van der Waals surface area contributed by atoms with Gasteiger partial charge in [-0.3, -0.25) is 0 Å². The van der Waals surface area contributed by atoms with E-state index in [-0.39, 0.29) is 6.61 Å². The van der Waals surface area contributed by atoms with Crippen molar-refractivity contribution in [3.8, 4) is 5.75 Å². The molecule has 2 rings (SSSR count). The first-order valence-corrected chi connectivity index (χ1v) is 6.48. The number of methoxy groups -OCH3 is 1. The molecular weight excluding hydrogens is 258 g/mol. The van der Waals surface area contributed by atoms with Crippen LogP contribution < -0.4 is 10.1 Å². The molecular formula is C14H19N3O3. The monoisotopic (exact) mass is 277 g/mol. The maximum Gasteiger partial charge on any atom is 0.264 e. The highest BCUT2D eigenvalue weighted by molar-refractivity contribution is 5.28. The van der Waals surface area contributed by atoms with Crippen molar-refractivity contribution in [1.82, 2.24) is 15.5 Å². The summed E-state index contributed by atoms with van der Waals surface area (Å²) in [5.41, 5.74) is 1.15. The van der Waals surface area contributed by atoms with Crippen LogP contribution in [0.25, 0.3) is 0 Å². The predicted molar refractivity (Wildman–Crippen MR) is 73.4 cm³/mol. The summed E-state index contributed by atoms with van der Waals surface area (Å²) in [4.78, 5) is 4.09. The van der Waals surface area contributed by atoms with Crippen molar-refractivity contribution < 1.29 is 14.0 Å². The second kappa shape index (κ2) is 7.62. The fourth-order valence-electron chi connectivity index (χ4n) is 1.70. The summed E-state index contributed by atoms with van der Waals surface area (Å²) in [5.74, 6) is 1.87. The molecule has 1 aromatic carbocycles. The summed E-state index contributed by atoms with van der Waals surface area (Å²) in [5, 5.41) is 7.00. The highest BCUT2D eigenvalue weighted by Gasteiger charge is 2.04. The third kappa shape index (κ3) is 4.64. The number of aromatic nitrogens is 2. The number of benzene rings is 1. The molecule has 0 aliphatic carbocycles. The second-order valence-electron chi connectivity index (χ2n) is 4.34. The van der Waals surface area contributed by atoms with Gasteiger partial charge in [0.15, 0.2) is 12.4 Å². The van der Waals surface area contributed by atoms with Gasteiger partial charge in [-0.05, 0) is 24.6 Å². The van der Waals surface area contributed by atoms with Crippen LogP contribution in [0.15, 0.2) is 28.8 Å². The number of hydrogen-bond donors (Lipinski definition) is 1. The normalized spacial score (nSPS) is 10.7. The molecule has 0 spiro atoms. The van der Waals surface area contributed by atoms with Crippen LogP contribution in [0.4, 0.5) is 0 Å². The van der Waals surface area contributed by atoms with Gasteiger partial charge in [-0.2, -0.15) is 4.98 Å². The van der Waals surface area contributed by atoms with Gasteiger partial charge < -0.3 is 19.3 Å². The summed E-state index contributed by atoms with van der Waals surface area (Å²) in [6, 6.07) is 7.90. The van der Waals surface area contributed by atoms with E-state index in [0.29, 0.717) is 18.3 Å². The summed E-state index contributed by atoms with van der Waals surface area (Å²) in [6.45, 7) is 4.36. The van der Waals surface area contributed by atoms with Crippen molar-refractivity contribution in [3.63, 3.8) is 0 Å². The summed E-state index contributed by atoms with van der Waals surface area (Å²) in [7, 11) is 1.69. The molecule has 2 aromatic rings. The van der Waals surface area contributed by atoms with E-state index in [4.69, 9.17) is 14.0 Å². The summed E-state index contributed by atoms with van der Waals surface area (Å²) < 4.78 is 15.6. The molecule has 20 heavy (non-hydrogen) atoms. The van der Waals surface area contributed by atoms with Gasteiger partial charge in [-0.15, -0.1) is 0 Å². The Morgan fingerprint density at radius 2 is 2.25 bits per heavy atom. The van der Waals surface area contributed by atoms with E-state index in [1.807, 2.05) is 24.3 Å². The van der Waals surface area contributed by atoms with Crippen molar-refractivity contribution >= 4 is 0 Å². The van der Waals surface area contributed by atoms with E-state index in [2.05, 4.69) is 15.5 Å². The Morgan fingerprint density at radius 3 is 3.00 bits per heavy atom. The van der Waals surface area contributed by atoms with E-state index in [9.17, 15) is 0 Å². The van der Waals surface area contributed by atoms with E-state index in [0.717, 1.165) is 24.4 Å². The first-order valence-electron chi connectivity index (χ1n) is 6.48. The molecule has 6 nitrogen and oxygen atoms in total. The molecule has 6 heteroatoms. The Hall–Kier alpha value is -1.92. The Morgan fingerprint density at radius 1 is 1.35 bits per heavy atom. The lowest BCUT2D eigenvalue weighted by Gasteiger charge is -2.07. The standard InChI is InChI=1S/C14H19N3O3/c1-11-16-14(20-17-11)10-19-13-5-3-4-12(8-13)9-15-6-7-18-2/h3-5,8,15H,6-7,9-10H2,1-2H3. The largest absolute Gasteiger partial charge is 0.484 e. The fraction of sp³-hybridized carbons (Fsp3) is 0.429. The Balaban J connectivity index is 1.82. The highest BCUT2D eigenvalue weighted by atomic mass is 16.5. The van der Waals surface area contributed by atoms with Crippen LogP contribution in [0.1, 0.15) is 17.3 Å². The zero-order valence-corrected chi connectivity index (χ0v) is 11.8. The third-order valence-corrected chi connectivity index (χ3v) is 2.64. The molecule has 0 amide bonds. The average molecular weight is 277 g/mol. The predicted octanol–water partition coefficient (Wildman–Crippen LogP) is 1.69. The number of aryl methyl sites for hydroxylation is 1. The van der Waals surface area contributed by atoms with Gasteiger partial charge in [-0.25, -0.2) is 0 Å². The molecule has 0 saturated carbocycles. The minimum absolute atomic E-state index is 0.279. The molecule has 0 unspecified atom stereocenters. The quantitative estimate of drug-likeness (QED) is 0.741. The lowest BCUT2D eigenvalue weighted by molar-refractivity contribution is 0.199. The molecule has 0 bridgehead atoms.